The van der Waals surface area contributed by atoms with Crippen molar-refractivity contribution in [3.63, 3.8) is 0 Å². The Morgan fingerprint density at radius 2 is 1.86 bits per heavy atom. The molecule has 0 bridgehead atoms. The fourth-order valence-corrected chi connectivity index (χ4v) is 2.09. The second-order valence-corrected chi connectivity index (χ2v) is 4.16. The third-order valence-corrected chi connectivity index (χ3v) is 2.91. The zero-order valence-electron chi connectivity index (χ0n) is 8.17. The lowest BCUT2D eigenvalue weighted by Crippen LogP contribution is -1.87. The van der Waals surface area contributed by atoms with Gasteiger partial charge in [0.05, 0.1) is 11.6 Å². The van der Waals surface area contributed by atoms with Crippen molar-refractivity contribution < 1.29 is 4.74 Å². The van der Waals surface area contributed by atoms with Gasteiger partial charge in [-0.3, -0.25) is 0 Å². The summed E-state index contributed by atoms with van der Waals surface area (Å²) >= 11 is 3.48. The van der Waals surface area contributed by atoms with Crippen molar-refractivity contribution in [3.05, 3.63) is 40.4 Å². The number of benzene rings is 2. The Morgan fingerprint density at radius 3 is 2.57 bits per heavy atom. The van der Waals surface area contributed by atoms with Crippen LogP contribution in [0.3, 0.4) is 0 Å². The quantitative estimate of drug-likeness (QED) is 0.746. The van der Waals surface area contributed by atoms with E-state index in [-0.39, 0.29) is 0 Å². The van der Waals surface area contributed by atoms with Crippen LogP contribution in [0.1, 0.15) is 5.56 Å². The van der Waals surface area contributed by atoms with E-state index in [9.17, 15) is 0 Å². The van der Waals surface area contributed by atoms with Gasteiger partial charge in [0.1, 0.15) is 5.75 Å². The SMILES string of the molecule is COc1c(Br)ccc2ccc(C)cc12. The smallest absolute Gasteiger partial charge is 0.140 e. The number of rotatable bonds is 1. The number of fused-ring (bicyclic) bond motifs is 1. The van der Waals surface area contributed by atoms with Crippen molar-refractivity contribution in [2.24, 2.45) is 0 Å². The molecule has 14 heavy (non-hydrogen) atoms. The van der Waals surface area contributed by atoms with Crippen LogP contribution in [0.15, 0.2) is 34.8 Å². The van der Waals surface area contributed by atoms with Gasteiger partial charge in [0.25, 0.3) is 0 Å². The van der Waals surface area contributed by atoms with Gasteiger partial charge in [-0.05, 0) is 40.4 Å². The van der Waals surface area contributed by atoms with E-state index in [1.165, 1.54) is 10.9 Å². The molecular weight excluding hydrogens is 240 g/mol. The van der Waals surface area contributed by atoms with E-state index in [0.717, 1.165) is 15.6 Å². The van der Waals surface area contributed by atoms with Crippen LogP contribution in [0.2, 0.25) is 0 Å². The highest BCUT2D eigenvalue weighted by Gasteiger charge is 2.05. The average molecular weight is 251 g/mol. The normalized spacial score (nSPS) is 10.5. The molecule has 0 aromatic heterocycles. The first kappa shape index (κ1) is 9.53. The summed E-state index contributed by atoms with van der Waals surface area (Å²) in [5, 5.41) is 2.36. The molecule has 2 aromatic rings. The predicted molar refractivity (Wildman–Crippen MR) is 62.9 cm³/mol. The van der Waals surface area contributed by atoms with Crippen LogP contribution in [0.4, 0.5) is 0 Å². The lowest BCUT2D eigenvalue weighted by atomic mass is 10.1. The molecule has 0 heterocycles. The van der Waals surface area contributed by atoms with Gasteiger partial charge in [0.2, 0.25) is 0 Å². The van der Waals surface area contributed by atoms with Crippen LogP contribution in [0, 0.1) is 6.92 Å². The molecular formula is C12H11BrO. The van der Waals surface area contributed by atoms with Gasteiger partial charge in [-0.25, -0.2) is 0 Å². The molecule has 0 atom stereocenters. The number of hydrogen-bond donors (Lipinski definition) is 0. The van der Waals surface area contributed by atoms with Gasteiger partial charge >= 0.3 is 0 Å². The summed E-state index contributed by atoms with van der Waals surface area (Å²) < 4.78 is 6.36. The minimum absolute atomic E-state index is 0.909. The Morgan fingerprint density at radius 1 is 1.14 bits per heavy atom. The Kier molecular flexibility index (Phi) is 2.46. The van der Waals surface area contributed by atoms with Gasteiger partial charge in [0.15, 0.2) is 0 Å². The Balaban J connectivity index is 2.84. The molecule has 0 amide bonds. The van der Waals surface area contributed by atoms with Crippen LogP contribution in [-0.2, 0) is 0 Å². The molecule has 0 radical (unpaired) electrons. The van der Waals surface area contributed by atoms with E-state index in [4.69, 9.17) is 4.74 Å². The average Bonchev–Trinajstić information content (AvgIpc) is 2.17. The maximum absolute atomic E-state index is 5.37. The van der Waals surface area contributed by atoms with Crippen molar-refractivity contribution >= 4 is 26.7 Å². The second kappa shape index (κ2) is 3.62. The van der Waals surface area contributed by atoms with Crippen LogP contribution < -0.4 is 4.74 Å². The van der Waals surface area contributed by atoms with E-state index < -0.39 is 0 Å². The van der Waals surface area contributed by atoms with Gasteiger partial charge < -0.3 is 4.74 Å². The molecule has 2 rings (SSSR count). The molecule has 1 nitrogen and oxygen atoms in total. The lowest BCUT2D eigenvalue weighted by molar-refractivity contribution is 0.417. The number of methoxy groups -OCH3 is 1. The molecule has 0 unspecified atom stereocenters. The molecule has 2 heteroatoms. The third-order valence-electron chi connectivity index (χ3n) is 2.28. The molecule has 0 saturated carbocycles. The number of ether oxygens (including phenoxy) is 1. The topological polar surface area (TPSA) is 9.23 Å². The monoisotopic (exact) mass is 250 g/mol. The van der Waals surface area contributed by atoms with Crippen molar-refractivity contribution in [3.8, 4) is 5.75 Å². The van der Waals surface area contributed by atoms with Crippen molar-refractivity contribution in [2.45, 2.75) is 6.92 Å². The van der Waals surface area contributed by atoms with Crippen molar-refractivity contribution in [1.82, 2.24) is 0 Å². The summed E-state index contributed by atoms with van der Waals surface area (Å²) in [6, 6.07) is 10.5. The first-order chi connectivity index (χ1) is 6.72. The molecule has 0 aliphatic carbocycles. The summed E-state index contributed by atoms with van der Waals surface area (Å²) in [4.78, 5) is 0. The third kappa shape index (κ3) is 1.50. The molecule has 72 valence electrons. The zero-order chi connectivity index (χ0) is 10.1. The van der Waals surface area contributed by atoms with Crippen LogP contribution in [0.25, 0.3) is 10.8 Å². The Labute approximate surface area is 91.8 Å². The summed E-state index contributed by atoms with van der Waals surface area (Å²) in [5.41, 5.74) is 1.24. The summed E-state index contributed by atoms with van der Waals surface area (Å²) in [6.07, 6.45) is 0. The van der Waals surface area contributed by atoms with E-state index in [1.807, 2.05) is 6.07 Å². The molecule has 0 aliphatic heterocycles. The van der Waals surface area contributed by atoms with E-state index in [0.29, 0.717) is 0 Å². The van der Waals surface area contributed by atoms with Crippen LogP contribution >= 0.6 is 15.9 Å². The Hall–Kier alpha value is -1.02. The van der Waals surface area contributed by atoms with E-state index in [1.54, 1.807) is 7.11 Å². The van der Waals surface area contributed by atoms with Crippen molar-refractivity contribution in [1.29, 1.82) is 0 Å². The highest BCUT2D eigenvalue weighted by Crippen LogP contribution is 2.33. The molecule has 0 saturated heterocycles. The first-order valence-electron chi connectivity index (χ1n) is 4.45. The zero-order valence-corrected chi connectivity index (χ0v) is 9.76. The standard InChI is InChI=1S/C12H11BrO/c1-8-3-4-9-5-6-11(13)12(14-2)10(9)7-8/h3-7H,1-2H3. The first-order valence-corrected chi connectivity index (χ1v) is 5.24. The highest BCUT2D eigenvalue weighted by molar-refractivity contribution is 9.10. The molecule has 0 N–H and O–H groups in total. The largest absolute Gasteiger partial charge is 0.495 e. The maximum atomic E-state index is 5.37. The molecule has 2 aromatic carbocycles. The van der Waals surface area contributed by atoms with Gasteiger partial charge in [-0.1, -0.05) is 23.8 Å². The summed E-state index contributed by atoms with van der Waals surface area (Å²) in [7, 11) is 1.70. The fraction of sp³-hybridized carbons (Fsp3) is 0.167. The predicted octanol–water partition coefficient (Wildman–Crippen LogP) is 3.92. The Bertz CT molecular complexity index is 472. The minimum atomic E-state index is 0.909. The van der Waals surface area contributed by atoms with Crippen molar-refractivity contribution in [2.75, 3.05) is 7.11 Å². The number of hydrogen-bond acceptors (Lipinski definition) is 1. The van der Waals surface area contributed by atoms with Crippen LogP contribution in [0.5, 0.6) is 5.75 Å². The second-order valence-electron chi connectivity index (χ2n) is 3.31. The fourth-order valence-electron chi connectivity index (χ4n) is 1.59. The molecule has 0 spiro atoms. The van der Waals surface area contributed by atoms with Crippen LogP contribution in [-0.4, -0.2) is 7.11 Å². The maximum Gasteiger partial charge on any atom is 0.140 e. The highest BCUT2D eigenvalue weighted by atomic mass is 79.9. The van der Waals surface area contributed by atoms with Gasteiger partial charge in [-0.15, -0.1) is 0 Å². The van der Waals surface area contributed by atoms with Gasteiger partial charge in [-0.2, -0.15) is 0 Å². The van der Waals surface area contributed by atoms with Gasteiger partial charge in [0, 0.05) is 5.39 Å². The molecule has 0 aliphatic rings. The minimum Gasteiger partial charge on any atom is -0.495 e. The lowest BCUT2D eigenvalue weighted by Gasteiger charge is -2.08. The summed E-state index contributed by atoms with van der Waals surface area (Å²) in [6.45, 7) is 2.08. The molecule has 0 fully saturated rings. The van der Waals surface area contributed by atoms with E-state index >= 15 is 0 Å². The summed E-state index contributed by atoms with van der Waals surface area (Å²) in [5.74, 6) is 0.909. The van der Waals surface area contributed by atoms with E-state index in [2.05, 4.69) is 47.1 Å². The number of halogens is 1. The number of aryl methyl sites for hydroxylation is 1.